The first kappa shape index (κ1) is 15.8. The van der Waals surface area contributed by atoms with Crippen LogP contribution in [0.3, 0.4) is 0 Å². The first-order valence-corrected chi connectivity index (χ1v) is 9.51. The first-order valence-electron chi connectivity index (χ1n) is 9.51. The summed E-state index contributed by atoms with van der Waals surface area (Å²) < 4.78 is 0. The summed E-state index contributed by atoms with van der Waals surface area (Å²) in [5, 5.41) is 3.72. The predicted octanol–water partition coefficient (Wildman–Crippen LogP) is 2.86. The van der Waals surface area contributed by atoms with E-state index in [-0.39, 0.29) is 0 Å². The highest BCUT2D eigenvalue weighted by atomic mass is 15.3. The number of hydrogen-bond acceptors (Lipinski definition) is 3. The molecule has 1 aliphatic carbocycles. The van der Waals surface area contributed by atoms with E-state index in [9.17, 15) is 0 Å². The molecule has 2 unspecified atom stereocenters. The number of nitrogens with one attached hydrogen (secondary N) is 1. The fraction of sp³-hybridized carbons (Fsp3) is 1.00. The van der Waals surface area contributed by atoms with E-state index in [2.05, 4.69) is 29.0 Å². The standard InChI is InChI=1S/C18H35N3/c1-3-11-19-16-7-9-17(10-8-16)21-14-18-6-4-5-12-20(18)13-15(21)2/h15-19H,3-14H2,1-2H3. The second kappa shape index (κ2) is 7.43. The van der Waals surface area contributed by atoms with Gasteiger partial charge in [-0.05, 0) is 65.0 Å². The second-order valence-corrected chi connectivity index (χ2v) is 7.65. The van der Waals surface area contributed by atoms with Gasteiger partial charge in [-0.25, -0.2) is 0 Å². The Morgan fingerprint density at radius 3 is 2.52 bits per heavy atom. The van der Waals surface area contributed by atoms with Gasteiger partial charge in [-0.2, -0.15) is 0 Å². The number of piperazine rings is 1. The van der Waals surface area contributed by atoms with Crippen molar-refractivity contribution in [3.63, 3.8) is 0 Å². The highest BCUT2D eigenvalue weighted by molar-refractivity contribution is 4.93. The Kier molecular flexibility index (Phi) is 5.58. The lowest BCUT2D eigenvalue weighted by Gasteiger charge is -2.51. The molecule has 0 aromatic carbocycles. The van der Waals surface area contributed by atoms with Crippen molar-refractivity contribution < 1.29 is 0 Å². The highest BCUT2D eigenvalue weighted by Crippen LogP contribution is 2.30. The van der Waals surface area contributed by atoms with Gasteiger partial charge in [-0.15, -0.1) is 0 Å². The lowest BCUT2D eigenvalue weighted by molar-refractivity contribution is -0.0177. The molecule has 0 aromatic heterocycles. The summed E-state index contributed by atoms with van der Waals surface area (Å²) in [6.45, 7) is 9.96. The molecule has 2 saturated heterocycles. The minimum Gasteiger partial charge on any atom is -0.314 e. The van der Waals surface area contributed by atoms with Gasteiger partial charge in [0.05, 0.1) is 0 Å². The van der Waals surface area contributed by atoms with E-state index in [0.717, 1.165) is 24.2 Å². The van der Waals surface area contributed by atoms with Crippen molar-refractivity contribution in [3.8, 4) is 0 Å². The molecule has 3 aliphatic rings. The second-order valence-electron chi connectivity index (χ2n) is 7.65. The molecule has 0 bridgehead atoms. The number of piperidine rings is 1. The molecule has 3 fully saturated rings. The summed E-state index contributed by atoms with van der Waals surface area (Å²) in [6.07, 6.45) is 11.2. The average Bonchev–Trinajstić information content (AvgIpc) is 2.53. The molecule has 3 nitrogen and oxygen atoms in total. The number of hydrogen-bond donors (Lipinski definition) is 1. The molecule has 2 heterocycles. The zero-order valence-corrected chi connectivity index (χ0v) is 14.2. The lowest BCUT2D eigenvalue weighted by atomic mass is 9.87. The Bertz CT molecular complexity index is 312. The maximum absolute atomic E-state index is 3.72. The summed E-state index contributed by atoms with van der Waals surface area (Å²) >= 11 is 0. The molecular formula is C18H35N3. The van der Waals surface area contributed by atoms with Crippen LogP contribution in [-0.4, -0.2) is 60.1 Å². The van der Waals surface area contributed by atoms with Gasteiger partial charge in [-0.1, -0.05) is 13.3 Å². The van der Waals surface area contributed by atoms with Crippen LogP contribution in [0.4, 0.5) is 0 Å². The minimum absolute atomic E-state index is 0.768. The van der Waals surface area contributed by atoms with E-state index in [1.54, 1.807) is 0 Å². The van der Waals surface area contributed by atoms with Crippen LogP contribution < -0.4 is 5.32 Å². The Balaban J connectivity index is 1.50. The smallest absolute Gasteiger partial charge is 0.0224 e. The molecule has 1 N–H and O–H groups in total. The number of nitrogens with zero attached hydrogens (tertiary/aromatic N) is 2. The monoisotopic (exact) mass is 293 g/mol. The van der Waals surface area contributed by atoms with E-state index in [4.69, 9.17) is 0 Å². The molecule has 1 saturated carbocycles. The van der Waals surface area contributed by atoms with Crippen molar-refractivity contribution in [1.29, 1.82) is 0 Å². The van der Waals surface area contributed by atoms with Crippen LogP contribution in [0.25, 0.3) is 0 Å². The molecule has 2 aliphatic heterocycles. The van der Waals surface area contributed by atoms with Gasteiger partial charge in [0, 0.05) is 37.3 Å². The third kappa shape index (κ3) is 3.80. The van der Waals surface area contributed by atoms with Crippen molar-refractivity contribution in [1.82, 2.24) is 15.1 Å². The van der Waals surface area contributed by atoms with Crippen LogP contribution in [0.1, 0.15) is 65.2 Å². The van der Waals surface area contributed by atoms with Gasteiger partial charge in [-0.3, -0.25) is 9.80 Å². The Morgan fingerprint density at radius 2 is 1.76 bits per heavy atom. The molecule has 21 heavy (non-hydrogen) atoms. The predicted molar refractivity (Wildman–Crippen MR) is 89.7 cm³/mol. The first-order chi connectivity index (χ1) is 10.3. The maximum atomic E-state index is 3.72. The zero-order valence-electron chi connectivity index (χ0n) is 14.2. The van der Waals surface area contributed by atoms with Crippen molar-refractivity contribution in [2.45, 2.75) is 89.4 Å². The maximum Gasteiger partial charge on any atom is 0.0224 e. The van der Waals surface area contributed by atoms with Gasteiger partial charge < -0.3 is 5.32 Å². The van der Waals surface area contributed by atoms with Crippen molar-refractivity contribution in [3.05, 3.63) is 0 Å². The molecule has 0 radical (unpaired) electrons. The zero-order chi connectivity index (χ0) is 14.7. The SMILES string of the molecule is CCCNC1CCC(N2CC3CCCCN3CC2C)CC1. The van der Waals surface area contributed by atoms with E-state index < -0.39 is 0 Å². The number of fused-ring (bicyclic) bond motifs is 1. The van der Waals surface area contributed by atoms with Gasteiger partial charge >= 0.3 is 0 Å². The van der Waals surface area contributed by atoms with E-state index >= 15 is 0 Å². The van der Waals surface area contributed by atoms with Crippen LogP contribution in [0.2, 0.25) is 0 Å². The van der Waals surface area contributed by atoms with Crippen molar-refractivity contribution in [2.24, 2.45) is 0 Å². The Labute approximate surface area is 131 Å². The lowest BCUT2D eigenvalue weighted by Crippen LogP contribution is -2.61. The van der Waals surface area contributed by atoms with E-state index in [1.165, 1.54) is 77.5 Å². The third-order valence-corrected chi connectivity index (χ3v) is 6.08. The molecule has 0 spiro atoms. The summed E-state index contributed by atoms with van der Waals surface area (Å²) in [6, 6.07) is 3.30. The molecule has 2 atom stereocenters. The Hall–Kier alpha value is -0.120. The Morgan fingerprint density at radius 1 is 0.952 bits per heavy atom. The summed E-state index contributed by atoms with van der Waals surface area (Å²) in [7, 11) is 0. The summed E-state index contributed by atoms with van der Waals surface area (Å²) in [5.74, 6) is 0. The van der Waals surface area contributed by atoms with Gasteiger partial charge in [0.25, 0.3) is 0 Å². The highest BCUT2D eigenvalue weighted by Gasteiger charge is 2.37. The van der Waals surface area contributed by atoms with Gasteiger partial charge in [0.15, 0.2) is 0 Å². The molecule has 0 amide bonds. The molecule has 122 valence electrons. The fourth-order valence-electron chi connectivity index (χ4n) is 4.84. The minimum atomic E-state index is 0.768. The van der Waals surface area contributed by atoms with Gasteiger partial charge in [0.2, 0.25) is 0 Å². The van der Waals surface area contributed by atoms with Crippen LogP contribution in [0.5, 0.6) is 0 Å². The quantitative estimate of drug-likeness (QED) is 0.860. The molecular weight excluding hydrogens is 258 g/mol. The van der Waals surface area contributed by atoms with Crippen LogP contribution in [0, 0.1) is 0 Å². The summed E-state index contributed by atoms with van der Waals surface area (Å²) in [5.41, 5.74) is 0. The van der Waals surface area contributed by atoms with Crippen molar-refractivity contribution >= 4 is 0 Å². The third-order valence-electron chi connectivity index (χ3n) is 6.08. The summed E-state index contributed by atoms with van der Waals surface area (Å²) in [4.78, 5) is 5.65. The van der Waals surface area contributed by atoms with Crippen LogP contribution in [0.15, 0.2) is 0 Å². The molecule has 0 aromatic rings. The van der Waals surface area contributed by atoms with E-state index in [0.29, 0.717) is 0 Å². The normalized spacial score (nSPS) is 39.1. The largest absolute Gasteiger partial charge is 0.314 e. The topological polar surface area (TPSA) is 18.5 Å². The molecule has 3 heteroatoms. The van der Waals surface area contributed by atoms with Gasteiger partial charge in [0.1, 0.15) is 0 Å². The van der Waals surface area contributed by atoms with E-state index in [1.807, 2.05) is 0 Å². The van der Waals surface area contributed by atoms with Crippen molar-refractivity contribution in [2.75, 3.05) is 26.2 Å². The number of rotatable bonds is 4. The molecule has 3 rings (SSSR count). The fourth-order valence-corrected chi connectivity index (χ4v) is 4.84. The van der Waals surface area contributed by atoms with Crippen LogP contribution in [-0.2, 0) is 0 Å². The average molecular weight is 293 g/mol. The van der Waals surface area contributed by atoms with Crippen LogP contribution >= 0.6 is 0 Å².